The van der Waals surface area contributed by atoms with E-state index in [0.717, 1.165) is 26.5 Å². The number of benzene rings is 2. The minimum atomic E-state index is -0.307. The smallest absolute Gasteiger partial charge is 0.0753 e. The van der Waals surface area contributed by atoms with Gasteiger partial charge in [-0.05, 0) is 35.4 Å². The molecule has 100 valence electrons. The van der Waals surface area contributed by atoms with E-state index in [4.69, 9.17) is 17.3 Å². The molecule has 0 aliphatic carbocycles. The molecule has 3 aromatic rings. The molecule has 0 saturated carbocycles. The molecule has 2 aromatic carbocycles. The standard InChI is InChI=1S/C16H12BrClN2/c17-11-6-7-14(18)13(9-11)15(19)12-5-1-3-10-4-2-8-20-16(10)12/h1-9,15H,19H2. The first kappa shape index (κ1) is 13.6. The summed E-state index contributed by atoms with van der Waals surface area (Å²) >= 11 is 9.73. The van der Waals surface area contributed by atoms with Gasteiger partial charge in [0.25, 0.3) is 0 Å². The normalized spacial score (nSPS) is 12.6. The Morgan fingerprint density at radius 1 is 1.05 bits per heavy atom. The van der Waals surface area contributed by atoms with Gasteiger partial charge in [0.05, 0.1) is 11.6 Å². The lowest BCUT2D eigenvalue weighted by atomic mass is 9.97. The number of hydrogen-bond donors (Lipinski definition) is 1. The summed E-state index contributed by atoms with van der Waals surface area (Å²) in [4.78, 5) is 4.45. The van der Waals surface area contributed by atoms with Gasteiger partial charge in [-0.25, -0.2) is 0 Å². The first-order valence-electron chi connectivity index (χ1n) is 6.21. The number of para-hydroxylation sites is 1. The van der Waals surface area contributed by atoms with Gasteiger partial charge in [-0.3, -0.25) is 4.98 Å². The molecule has 0 fully saturated rings. The summed E-state index contributed by atoms with van der Waals surface area (Å²) in [6.45, 7) is 0. The van der Waals surface area contributed by atoms with Crippen LogP contribution in [-0.2, 0) is 0 Å². The number of rotatable bonds is 2. The molecule has 0 saturated heterocycles. The predicted octanol–water partition coefficient (Wildman–Crippen LogP) is 4.70. The molecule has 3 rings (SSSR count). The number of hydrogen-bond acceptors (Lipinski definition) is 2. The number of fused-ring (bicyclic) bond motifs is 1. The molecule has 0 spiro atoms. The van der Waals surface area contributed by atoms with Crippen LogP contribution in [0.3, 0.4) is 0 Å². The summed E-state index contributed by atoms with van der Waals surface area (Å²) < 4.78 is 0.959. The van der Waals surface area contributed by atoms with Gasteiger partial charge in [-0.15, -0.1) is 0 Å². The van der Waals surface area contributed by atoms with Gasteiger partial charge in [0.15, 0.2) is 0 Å². The summed E-state index contributed by atoms with van der Waals surface area (Å²) in [7, 11) is 0. The third kappa shape index (κ3) is 2.44. The Morgan fingerprint density at radius 2 is 1.85 bits per heavy atom. The van der Waals surface area contributed by atoms with Gasteiger partial charge in [0.1, 0.15) is 0 Å². The molecule has 2 nitrogen and oxygen atoms in total. The molecule has 1 unspecified atom stereocenters. The maximum atomic E-state index is 6.41. The lowest BCUT2D eigenvalue weighted by Crippen LogP contribution is -2.13. The molecule has 1 aromatic heterocycles. The zero-order valence-electron chi connectivity index (χ0n) is 10.6. The van der Waals surface area contributed by atoms with Gasteiger partial charge in [0, 0.05) is 21.1 Å². The first-order chi connectivity index (χ1) is 9.66. The largest absolute Gasteiger partial charge is 0.320 e. The van der Waals surface area contributed by atoms with E-state index < -0.39 is 0 Å². The van der Waals surface area contributed by atoms with Crippen LogP contribution in [0.1, 0.15) is 17.2 Å². The fourth-order valence-electron chi connectivity index (χ4n) is 2.30. The topological polar surface area (TPSA) is 38.9 Å². The van der Waals surface area contributed by atoms with Gasteiger partial charge >= 0.3 is 0 Å². The molecule has 2 N–H and O–H groups in total. The van der Waals surface area contributed by atoms with E-state index in [2.05, 4.69) is 20.9 Å². The van der Waals surface area contributed by atoms with Crippen LogP contribution in [0.4, 0.5) is 0 Å². The maximum absolute atomic E-state index is 6.41. The third-order valence-electron chi connectivity index (χ3n) is 3.29. The highest BCUT2D eigenvalue weighted by atomic mass is 79.9. The molecule has 0 radical (unpaired) electrons. The third-order valence-corrected chi connectivity index (χ3v) is 4.13. The second kappa shape index (κ2) is 5.52. The first-order valence-corrected chi connectivity index (χ1v) is 7.38. The van der Waals surface area contributed by atoms with Gasteiger partial charge in [0.2, 0.25) is 0 Å². The Morgan fingerprint density at radius 3 is 2.70 bits per heavy atom. The van der Waals surface area contributed by atoms with Crippen molar-refractivity contribution >= 4 is 38.4 Å². The van der Waals surface area contributed by atoms with Crippen LogP contribution < -0.4 is 5.73 Å². The fraction of sp³-hybridized carbons (Fsp3) is 0.0625. The number of pyridine rings is 1. The highest BCUT2D eigenvalue weighted by Gasteiger charge is 2.16. The van der Waals surface area contributed by atoms with Crippen LogP contribution in [0.15, 0.2) is 59.2 Å². The van der Waals surface area contributed by atoms with Gasteiger partial charge in [-0.1, -0.05) is 51.8 Å². The number of nitrogens with two attached hydrogens (primary N) is 1. The molecule has 0 amide bonds. The average Bonchev–Trinajstić information content (AvgIpc) is 2.48. The lowest BCUT2D eigenvalue weighted by Gasteiger charge is -2.16. The number of aromatic nitrogens is 1. The lowest BCUT2D eigenvalue weighted by molar-refractivity contribution is 0.876. The highest BCUT2D eigenvalue weighted by Crippen LogP contribution is 2.31. The highest BCUT2D eigenvalue weighted by molar-refractivity contribution is 9.10. The van der Waals surface area contributed by atoms with Crippen LogP contribution in [0, 0.1) is 0 Å². The van der Waals surface area contributed by atoms with Gasteiger partial charge < -0.3 is 5.73 Å². The van der Waals surface area contributed by atoms with Crippen LogP contribution >= 0.6 is 27.5 Å². The maximum Gasteiger partial charge on any atom is 0.0753 e. The van der Waals surface area contributed by atoms with Crippen molar-refractivity contribution in [2.24, 2.45) is 5.73 Å². The minimum absolute atomic E-state index is 0.307. The summed E-state index contributed by atoms with van der Waals surface area (Å²) in [6.07, 6.45) is 1.78. The molecule has 0 aliphatic heterocycles. The van der Waals surface area contributed by atoms with Crippen molar-refractivity contribution in [3.05, 3.63) is 75.4 Å². The zero-order valence-corrected chi connectivity index (χ0v) is 12.9. The second-order valence-corrected chi connectivity index (χ2v) is 5.89. The minimum Gasteiger partial charge on any atom is -0.320 e. The van der Waals surface area contributed by atoms with E-state index in [-0.39, 0.29) is 6.04 Å². The predicted molar refractivity (Wildman–Crippen MR) is 86.9 cm³/mol. The monoisotopic (exact) mass is 346 g/mol. The summed E-state index contributed by atoms with van der Waals surface area (Å²) in [5.74, 6) is 0. The fourth-order valence-corrected chi connectivity index (χ4v) is 2.91. The van der Waals surface area contributed by atoms with Crippen LogP contribution in [0.2, 0.25) is 5.02 Å². The van der Waals surface area contributed by atoms with Crippen LogP contribution in [0.5, 0.6) is 0 Å². The van der Waals surface area contributed by atoms with Crippen molar-refractivity contribution in [1.82, 2.24) is 4.98 Å². The quantitative estimate of drug-likeness (QED) is 0.730. The van der Waals surface area contributed by atoms with Crippen molar-refractivity contribution < 1.29 is 0 Å². The molecular formula is C16H12BrClN2. The Hall–Kier alpha value is -1.42. The second-order valence-electron chi connectivity index (χ2n) is 4.57. The Bertz CT molecular complexity index is 768. The van der Waals surface area contributed by atoms with Crippen molar-refractivity contribution in [1.29, 1.82) is 0 Å². The molecule has 1 heterocycles. The molecule has 0 bridgehead atoms. The number of halogens is 2. The summed E-state index contributed by atoms with van der Waals surface area (Å²) in [5, 5.41) is 1.74. The van der Waals surface area contributed by atoms with Crippen molar-refractivity contribution in [3.8, 4) is 0 Å². The molecular weight excluding hydrogens is 336 g/mol. The van der Waals surface area contributed by atoms with E-state index in [0.29, 0.717) is 5.02 Å². The van der Waals surface area contributed by atoms with E-state index >= 15 is 0 Å². The van der Waals surface area contributed by atoms with Crippen molar-refractivity contribution in [2.75, 3.05) is 0 Å². The van der Waals surface area contributed by atoms with E-state index in [1.165, 1.54) is 0 Å². The molecule has 4 heteroatoms. The van der Waals surface area contributed by atoms with Crippen molar-refractivity contribution in [2.45, 2.75) is 6.04 Å². The summed E-state index contributed by atoms with van der Waals surface area (Å²) in [6, 6.07) is 15.4. The van der Waals surface area contributed by atoms with E-state index in [9.17, 15) is 0 Å². The van der Waals surface area contributed by atoms with E-state index in [1.54, 1.807) is 6.20 Å². The summed E-state index contributed by atoms with van der Waals surface area (Å²) in [5.41, 5.74) is 9.19. The zero-order chi connectivity index (χ0) is 14.1. The Labute approximate surface area is 130 Å². The van der Waals surface area contributed by atoms with Gasteiger partial charge in [-0.2, -0.15) is 0 Å². The Balaban J connectivity index is 2.17. The van der Waals surface area contributed by atoms with E-state index in [1.807, 2.05) is 48.5 Å². The average molecular weight is 348 g/mol. The molecule has 0 aliphatic rings. The van der Waals surface area contributed by atoms with Crippen LogP contribution in [0.25, 0.3) is 10.9 Å². The molecule has 20 heavy (non-hydrogen) atoms. The number of nitrogens with zero attached hydrogens (tertiary/aromatic N) is 1. The molecule has 1 atom stereocenters. The van der Waals surface area contributed by atoms with Crippen molar-refractivity contribution in [3.63, 3.8) is 0 Å². The Kier molecular flexibility index (Phi) is 3.74. The van der Waals surface area contributed by atoms with Crippen LogP contribution in [-0.4, -0.2) is 4.98 Å². The SMILES string of the molecule is NC(c1cc(Br)ccc1Cl)c1cccc2cccnc12.